The van der Waals surface area contributed by atoms with Crippen molar-refractivity contribution in [3.05, 3.63) is 58.1 Å². The number of nitrogens with two attached hydrogens (primary N) is 1. The van der Waals surface area contributed by atoms with Crippen molar-refractivity contribution in [2.45, 2.75) is 19.8 Å². The minimum atomic E-state index is -0.0422. The number of nitrogen functional groups attached to an aromatic ring is 1. The molecule has 0 saturated heterocycles. The Kier molecular flexibility index (Phi) is 3.60. The van der Waals surface area contributed by atoms with Crippen molar-refractivity contribution in [3.63, 3.8) is 0 Å². The standard InChI is InChI=1S/C17H17ClN2O/c1-11-4-2-5-12-6-3-7-20(16(11)12)17(21)13-8-14(18)10-15(19)9-13/h2,4-5,8-10H,3,6-7,19H2,1H3. The Morgan fingerprint density at radius 2 is 2.10 bits per heavy atom. The summed E-state index contributed by atoms with van der Waals surface area (Å²) in [5.74, 6) is -0.0422. The first-order valence-electron chi connectivity index (χ1n) is 7.02. The van der Waals surface area contributed by atoms with Crippen molar-refractivity contribution >= 4 is 28.9 Å². The first-order valence-corrected chi connectivity index (χ1v) is 7.40. The van der Waals surface area contributed by atoms with Gasteiger partial charge in [0.1, 0.15) is 0 Å². The fourth-order valence-electron chi connectivity index (χ4n) is 2.94. The Morgan fingerprint density at radius 3 is 2.86 bits per heavy atom. The van der Waals surface area contributed by atoms with Crippen molar-refractivity contribution in [2.24, 2.45) is 0 Å². The molecule has 0 spiro atoms. The molecule has 0 aromatic heterocycles. The molecule has 2 N–H and O–H groups in total. The number of hydrogen-bond donors (Lipinski definition) is 1. The summed E-state index contributed by atoms with van der Waals surface area (Å²) in [4.78, 5) is 14.7. The second-order valence-electron chi connectivity index (χ2n) is 5.42. The lowest BCUT2D eigenvalue weighted by Gasteiger charge is -2.31. The van der Waals surface area contributed by atoms with E-state index in [0.717, 1.165) is 30.6 Å². The lowest BCUT2D eigenvalue weighted by molar-refractivity contribution is 0.0985. The topological polar surface area (TPSA) is 46.3 Å². The second kappa shape index (κ2) is 5.41. The van der Waals surface area contributed by atoms with Gasteiger partial charge in [0.05, 0.1) is 5.69 Å². The molecule has 0 fully saturated rings. The van der Waals surface area contributed by atoms with Gasteiger partial charge in [-0.2, -0.15) is 0 Å². The molecule has 0 radical (unpaired) electrons. The number of fused-ring (bicyclic) bond motifs is 1. The molecule has 108 valence electrons. The summed E-state index contributed by atoms with van der Waals surface area (Å²) in [6, 6.07) is 11.2. The van der Waals surface area contributed by atoms with E-state index in [1.54, 1.807) is 18.2 Å². The Balaban J connectivity index is 2.04. The average Bonchev–Trinajstić information content (AvgIpc) is 2.45. The number of anilines is 2. The van der Waals surface area contributed by atoms with E-state index in [1.807, 2.05) is 24.0 Å². The molecule has 4 heteroatoms. The quantitative estimate of drug-likeness (QED) is 0.814. The first-order chi connectivity index (χ1) is 10.1. The molecule has 0 atom stereocenters. The Morgan fingerprint density at radius 1 is 1.29 bits per heavy atom. The van der Waals surface area contributed by atoms with Crippen LogP contribution in [0.1, 0.15) is 27.9 Å². The van der Waals surface area contributed by atoms with Gasteiger partial charge >= 0.3 is 0 Å². The number of aryl methyl sites for hydroxylation is 2. The third-order valence-corrected chi connectivity index (χ3v) is 4.05. The minimum absolute atomic E-state index is 0.0422. The molecule has 3 nitrogen and oxygen atoms in total. The molecule has 1 aliphatic rings. The van der Waals surface area contributed by atoms with Crippen LogP contribution in [0.25, 0.3) is 0 Å². The number of amides is 1. The molecule has 0 saturated carbocycles. The predicted molar refractivity (Wildman–Crippen MR) is 87.0 cm³/mol. The molecule has 1 heterocycles. The van der Waals surface area contributed by atoms with E-state index in [1.165, 1.54) is 5.56 Å². The molecule has 2 aromatic rings. The highest BCUT2D eigenvalue weighted by molar-refractivity contribution is 6.31. The number of nitrogens with zero attached hydrogens (tertiary/aromatic N) is 1. The number of hydrogen-bond acceptors (Lipinski definition) is 2. The number of rotatable bonds is 1. The summed E-state index contributed by atoms with van der Waals surface area (Å²) < 4.78 is 0. The van der Waals surface area contributed by atoms with Gasteiger partial charge in [0.15, 0.2) is 0 Å². The average molecular weight is 301 g/mol. The number of carbonyl (C=O) groups is 1. The van der Waals surface area contributed by atoms with Gasteiger partial charge in [-0.05, 0) is 49.1 Å². The largest absolute Gasteiger partial charge is 0.399 e. The maximum atomic E-state index is 12.8. The van der Waals surface area contributed by atoms with Gasteiger partial charge in [-0.3, -0.25) is 4.79 Å². The van der Waals surface area contributed by atoms with Crippen molar-refractivity contribution in [1.82, 2.24) is 0 Å². The molecule has 2 aromatic carbocycles. The molecular formula is C17H17ClN2O. The molecule has 21 heavy (non-hydrogen) atoms. The molecule has 0 unspecified atom stereocenters. The number of para-hydroxylation sites is 1. The summed E-state index contributed by atoms with van der Waals surface area (Å²) >= 11 is 6.01. The van der Waals surface area contributed by atoms with Gasteiger partial charge in [0, 0.05) is 22.8 Å². The number of halogens is 1. The third kappa shape index (κ3) is 2.61. The van der Waals surface area contributed by atoms with Crippen LogP contribution in [0.5, 0.6) is 0 Å². The summed E-state index contributed by atoms with van der Waals surface area (Å²) in [6.07, 6.45) is 1.98. The fraction of sp³-hybridized carbons (Fsp3) is 0.235. The monoisotopic (exact) mass is 300 g/mol. The van der Waals surface area contributed by atoms with Gasteiger partial charge in [-0.25, -0.2) is 0 Å². The highest BCUT2D eigenvalue weighted by Gasteiger charge is 2.25. The molecule has 0 aliphatic carbocycles. The second-order valence-corrected chi connectivity index (χ2v) is 5.85. The smallest absolute Gasteiger partial charge is 0.258 e. The van der Waals surface area contributed by atoms with Gasteiger partial charge in [0.2, 0.25) is 0 Å². The summed E-state index contributed by atoms with van der Waals surface area (Å²) in [7, 11) is 0. The highest BCUT2D eigenvalue weighted by atomic mass is 35.5. The van der Waals surface area contributed by atoms with Crippen LogP contribution >= 0.6 is 11.6 Å². The van der Waals surface area contributed by atoms with Crippen molar-refractivity contribution in [1.29, 1.82) is 0 Å². The van der Waals surface area contributed by atoms with Crippen LogP contribution in [-0.4, -0.2) is 12.5 Å². The van der Waals surface area contributed by atoms with Crippen LogP contribution in [0, 0.1) is 6.92 Å². The summed E-state index contributed by atoms with van der Waals surface area (Å²) in [6.45, 7) is 2.76. The van der Waals surface area contributed by atoms with Crippen LogP contribution in [0.3, 0.4) is 0 Å². The van der Waals surface area contributed by atoms with Crippen molar-refractivity contribution in [2.75, 3.05) is 17.2 Å². The molecule has 0 bridgehead atoms. The molecular weight excluding hydrogens is 284 g/mol. The zero-order valence-electron chi connectivity index (χ0n) is 11.9. The van der Waals surface area contributed by atoms with Crippen molar-refractivity contribution in [3.8, 4) is 0 Å². The highest BCUT2D eigenvalue weighted by Crippen LogP contribution is 2.32. The van der Waals surface area contributed by atoms with Crippen molar-refractivity contribution < 1.29 is 4.79 Å². The van der Waals surface area contributed by atoms with E-state index in [0.29, 0.717) is 16.3 Å². The zero-order valence-corrected chi connectivity index (χ0v) is 12.7. The maximum Gasteiger partial charge on any atom is 0.258 e. The van der Waals surface area contributed by atoms with E-state index in [4.69, 9.17) is 17.3 Å². The van der Waals surface area contributed by atoms with Crippen LogP contribution in [-0.2, 0) is 6.42 Å². The molecule has 3 rings (SSSR count). The first kappa shape index (κ1) is 14.0. The lowest BCUT2D eigenvalue weighted by Crippen LogP contribution is -2.36. The van der Waals surface area contributed by atoms with E-state index >= 15 is 0 Å². The van der Waals surface area contributed by atoms with Crippen LogP contribution in [0.15, 0.2) is 36.4 Å². The van der Waals surface area contributed by atoms with Gasteiger partial charge in [-0.1, -0.05) is 29.8 Å². The van der Waals surface area contributed by atoms with E-state index < -0.39 is 0 Å². The number of benzene rings is 2. The SMILES string of the molecule is Cc1cccc2c1N(C(=O)c1cc(N)cc(Cl)c1)CCC2. The predicted octanol–water partition coefficient (Wildman–Crippen LogP) is 3.82. The fourth-order valence-corrected chi connectivity index (χ4v) is 3.19. The van der Waals surface area contributed by atoms with E-state index in [9.17, 15) is 4.79 Å². The van der Waals surface area contributed by atoms with Crippen LogP contribution < -0.4 is 10.6 Å². The van der Waals surface area contributed by atoms with Crippen LogP contribution in [0.2, 0.25) is 5.02 Å². The summed E-state index contributed by atoms with van der Waals surface area (Å²) in [5.41, 5.74) is 10.2. The Hall–Kier alpha value is -2.00. The molecule has 1 aliphatic heterocycles. The third-order valence-electron chi connectivity index (χ3n) is 3.83. The van der Waals surface area contributed by atoms with E-state index in [-0.39, 0.29) is 5.91 Å². The Labute approximate surface area is 129 Å². The molecule has 1 amide bonds. The van der Waals surface area contributed by atoms with Crippen LogP contribution in [0.4, 0.5) is 11.4 Å². The van der Waals surface area contributed by atoms with Gasteiger partial charge in [0.25, 0.3) is 5.91 Å². The summed E-state index contributed by atoms with van der Waals surface area (Å²) in [5, 5.41) is 0.486. The minimum Gasteiger partial charge on any atom is -0.399 e. The zero-order chi connectivity index (χ0) is 15.0. The maximum absolute atomic E-state index is 12.8. The van der Waals surface area contributed by atoms with E-state index in [2.05, 4.69) is 6.07 Å². The Bertz CT molecular complexity index is 692. The van der Waals surface area contributed by atoms with Gasteiger partial charge in [-0.15, -0.1) is 0 Å². The number of carbonyl (C=O) groups excluding carboxylic acids is 1. The lowest BCUT2D eigenvalue weighted by atomic mass is 9.97. The normalized spacial score (nSPS) is 13.9. The van der Waals surface area contributed by atoms with Gasteiger partial charge < -0.3 is 10.6 Å².